The van der Waals surface area contributed by atoms with Crippen LogP contribution in [-0.2, 0) is 35.0 Å². The number of aromatic nitrogens is 4. The molecule has 0 aliphatic heterocycles. The summed E-state index contributed by atoms with van der Waals surface area (Å²) < 4.78 is 21.6. The maximum Gasteiger partial charge on any atom is 0.332 e. The van der Waals surface area contributed by atoms with E-state index in [0.29, 0.717) is 5.56 Å². The van der Waals surface area contributed by atoms with E-state index in [1.54, 1.807) is 19.1 Å². The summed E-state index contributed by atoms with van der Waals surface area (Å²) in [6.45, 7) is 2.77. The maximum atomic E-state index is 13.0. The number of fused-ring (bicyclic) bond motifs is 1. The highest BCUT2D eigenvalue weighted by molar-refractivity contribution is 5.84. The Bertz CT molecular complexity index is 1260. The standard InChI is InChI=1S/C20H22FN5O5/c1-11(13-5-7-14(21)8-6-13)23-18(28)12(2)31-15(27)9-26-10-22-17-16(26)19(29)25(4)20(30)24(17)3/h5-8,10-12H,9H2,1-4H3,(H,23,28)/t11-,12+/m1/s1. The monoisotopic (exact) mass is 431 g/mol. The number of rotatable bonds is 6. The van der Waals surface area contributed by atoms with Gasteiger partial charge in [-0.1, -0.05) is 12.1 Å². The van der Waals surface area contributed by atoms with Crippen LogP contribution in [0.5, 0.6) is 0 Å². The van der Waals surface area contributed by atoms with Crippen LogP contribution < -0.4 is 16.6 Å². The van der Waals surface area contributed by atoms with Crippen LogP contribution in [0.1, 0.15) is 25.5 Å². The summed E-state index contributed by atoms with van der Waals surface area (Å²) in [5.41, 5.74) is -0.226. The molecule has 0 radical (unpaired) electrons. The van der Waals surface area contributed by atoms with E-state index in [9.17, 15) is 23.6 Å². The van der Waals surface area contributed by atoms with Gasteiger partial charge in [0.25, 0.3) is 11.5 Å². The van der Waals surface area contributed by atoms with Crippen molar-refractivity contribution in [2.75, 3.05) is 0 Å². The van der Waals surface area contributed by atoms with Gasteiger partial charge in [-0.05, 0) is 31.5 Å². The highest BCUT2D eigenvalue weighted by atomic mass is 19.1. The van der Waals surface area contributed by atoms with Crippen LogP contribution in [0, 0.1) is 5.82 Å². The lowest BCUT2D eigenvalue weighted by Gasteiger charge is -2.18. The minimum atomic E-state index is -1.10. The lowest BCUT2D eigenvalue weighted by molar-refractivity contribution is -0.155. The van der Waals surface area contributed by atoms with Gasteiger partial charge in [0.15, 0.2) is 17.3 Å². The minimum absolute atomic E-state index is 0.0728. The number of amides is 1. The zero-order valence-corrected chi connectivity index (χ0v) is 17.5. The second-order valence-electron chi connectivity index (χ2n) is 7.16. The van der Waals surface area contributed by atoms with E-state index in [-0.39, 0.29) is 23.5 Å². The molecule has 2 heterocycles. The van der Waals surface area contributed by atoms with Gasteiger partial charge in [-0.25, -0.2) is 14.2 Å². The summed E-state index contributed by atoms with van der Waals surface area (Å²) in [7, 11) is 2.79. The van der Waals surface area contributed by atoms with Gasteiger partial charge >= 0.3 is 11.7 Å². The number of ether oxygens (including phenoxy) is 1. The fourth-order valence-corrected chi connectivity index (χ4v) is 3.11. The summed E-state index contributed by atoms with van der Waals surface area (Å²) in [6.07, 6.45) is 0.158. The predicted octanol–water partition coefficient (Wildman–Crippen LogP) is 0.382. The average Bonchev–Trinajstić information content (AvgIpc) is 3.14. The van der Waals surface area contributed by atoms with E-state index < -0.39 is 35.3 Å². The molecule has 11 heteroatoms. The number of nitrogens with zero attached hydrogens (tertiary/aromatic N) is 4. The Hall–Kier alpha value is -3.76. The van der Waals surface area contributed by atoms with E-state index in [1.165, 1.54) is 48.6 Å². The van der Waals surface area contributed by atoms with Crippen molar-refractivity contribution in [2.24, 2.45) is 14.1 Å². The zero-order chi connectivity index (χ0) is 22.9. The first kappa shape index (κ1) is 21.9. The third-order valence-corrected chi connectivity index (χ3v) is 4.92. The van der Waals surface area contributed by atoms with Crippen molar-refractivity contribution in [3.05, 3.63) is 62.8 Å². The molecule has 0 spiro atoms. The molecular weight excluding hydrogens is 409 g/mol. The lowest BCUT2D eigenvalue weighted by atomic mass is 10.1. The van der Waals surface area contributed by atoms with Crippen LogP contribution in [0.2, 0.25) is 0 Å². The van der Waals surface area contributed by atoms with Crippen LogP contribution in [0.15, 0.2) is 40.2 Å². The molecule has 31 heavy (non-hydrogen) atoms. The van der Waals surface area contributed by atoms with Gasteiger partial charge in [-0.15, -0.1) is 0 Å². The van der Waals surface area contributed by atoms with E-state index in [4.69, 9.17) is 4.74 Å². The molecule has 0 fully saturated rings. The van der Waals surface area contributed by atoms with Gasteiger partial charge in [0.05, 0.1) is 12.4 Å². The normalized spacial score (nSPS) is 13.1. The largest absolute Gasteiger partial charge is 0.451 e. The van der Waals surface area contributed by atoms with E-state index in [0.717, 1.165) is 4.57 Å². The number of aryl methyl sites for hydroxylation is 1. The van der Waals surface area contributed by atoms with Gasteiger partial charge in [0.2, 0.25) is 0 Å². The third kappa shape index (κ3) is 4.39. The number of imidazole rings is 1. The van der Waals surface area contributed by atoms with Gasteiger partial charge in [0.1, 0.15) is 12.4 Å². The zero-order valence-electron chi connectivity index (χ0n) is 17.5. The highest BCUT2D eigenvalue weighted by Gasteiger charge is 2.22. The summed E-state index contributed by atoms with van der Waals surface area (Å²) in [4.78, 5) is 53.1. The van der Waals surface area contributed by atoms with Crippen molar-refractivity contribution in [1.29, 1.82) is 0 Å². The van der Waals surface area contributed by atoms with Crippen molar-refractivity contribution in [1.82, 2.24) is 24.0 Å². The molecule has 0 bridgehead atoms. The van der Waals surface area contributed by atoms with Crippen LogP contribution in [-0.4, -0.2) is 36.7 Å². The van der Waals surface area contributed by atoms with Crippen molar-refractivity contribution >= 4 is 23.0 Å². The number of hydrogen-bond acceptors (Lipinski definition) is 6. The number of nitrogens with one attached hydrogen (secondary N) is 1. The fraction of sp³-hybridized carbons (Fsp3) is 0.350. The predicted molar refractivity (Wildman–Crippen MR) is 109 cm³/mol. The highest BCUT2D eigenvalue weighted by Crippen LogP contribution is 2.13. The van der Waals surface area contributed by atoms with Crippen LogP contribution in [0.3, 0.4) is 0 Å². The summed E-state index contributed by atoms with van der Waals surface area (Å²) in [5, 5.41) is 2.69. The molecule has 0 saturated heterocycles. The molecule has 0 aliphatic rings. The summed E-state index contributed by atoms with van der Waals surface area (Å²) in [5.74, 6) is -1.67. The van der Waals surface area contributed by atoms with E-state index >= 15 is 0 Å². The molecule has 10 nitrogen and oxygen atoms in total. The number of esters is 1. The number of carbonyl (C=O) groups excluding carboxylic acids is 2. The smallest absolute Gasteiger partial charge is 0.332 e. The Morgan fingerprint density at radius 1 is 1.13 bits per heavy atom. The van der Waals surface area contributed by atoms with Crippen LogP contribution >= 0.6 is 0 Å². The number of benzene rings is 1. The first-order valence-corrected chi connectivity index (χ1v) is 9.46. The number of hydrogen-bond donors (Lipinski definition) is 1. The van der Waals surface area contributed by atoms with Gasteiger partial charge in [-0.3, -0.25) is 23.5 Å². The number of halogens is 1. The molecule has 1 aromatic carbocycles. The van der Waals surface area contributed by atoms with Crippen molar-refractivity contribution < 1.29 is 18.7 Å². The Labute approximate surface area is 175 Å². The number of carbonyl (C=O) groups is 2. The summed E-state index contributed by atoms with van der Waals surface area (Å²) >= 11 is 0. The second kappa shape index (κ2) is 8.54. The van der Waals surface area contributed by atoms with Crippen molar-refractivity contribution in [2.45, 2.75) is 32.5 Å². The lowest BCUT2D eigenvalue weighted by Crippen LogP contribution is -2.38. The summed E-state index contributed by atoms with van der Waals surface area (Å²) in [6, 6.07) is 5.26. The SMILES string of the molecule is C[C@H](OC(=O)Cn1cnc2c1c(=O)n(C)c(=O)n2C)C(=O)N[C@H](C)c1ccc(F)cc1. The van der Waals surface area contributed by atoms with Crippen LogP contribution in [0.4, 0.5) is 4.39 Å². The molecule has 164 valence electrons. The van der Waals surface area contributed by atoms with E-state index in [1.807, 2.05) is 0 Å². The first-order chi connectivity index (χ1) is 14.6. The molecule has 2 atom stereocenters. The third-order valence-electron chi connectivity index (χ3n) is 4.92. The molecule has 3 rings (SSSR count). The molecule has 3 aromatic rings. The topological polar surface area (TPSA) is 117 Å². The van der Waals surface area contributed by atoms with Crippen LogP contribution in [0.25, 0.3) is 11.2 Å². The molecule has 2 aromatic heterocycles. The van der Waals surface area contributed by atoms with Gasteiger partial charge < -0.3 is 14.6 Å². The fourth-order valence-electron chi connectivity index (χ4n) is 3.11. The first-order valence-electron chi connectivity index (χ1n) is 9.46. The molecular formula is C20H22FN5O5. The Balaban J connectivity index is 1.68. The molecule has 0 aliphatic carbocycles. The molecule has 1 N–H and O–H groups in total. The van der Waals surface area contributed by atoms with Gasteiger partial charge in [0, 0.05) is 14.1 Å². The molecule has 1 amide bonds. The quantitative estimate of drug-likeness (QED) is 0.564. The Morgan fingerprint density at radius 2 is 1.77 bits per heavy atom. The molecule has 0 unspecified atom stereocenters. The van der Waals surface area contributed by atoms with Crippen molar-refractivity contribution in [3.63, 3.8) is 0 Å². The van der Waals surface area contributed by atoms with E-state index in [2.05, 4.69) is 10.3 Å². The Morgan fingerprint density at radius 3 is 2.42 bits per heavy atom. The average molecular weight is 431 g/mol. The maximum absolute atomic E-state index is 13.0. The minimum Gasteiger partial charge on any atom is -0.451 e. The Kier molecular flexibility index (Phi) is 6.04. The second-order valence-corrected chi connectivity index (χ2v) is 7.16. The van der Waals surface area contributed by atoms with Crippen molar-refractivity contribution in [3.8, 4) is 0 Å². The molecule has 0 saturated carbocycles. The van der Waals surface area contributed by atoms with Gasteiger partial charge in [-0.2, -0.15) is 0 Å².